The van der Waals surface area contributed by atoms with Gasteiger partial charge in [0.25, 0.3) is 0 Å². The number of urea groups is 1. The number of thiophene rings is 1. The standard InChI is InChI=1S/C26H31N5OS/c1-5-21-23(15-18(2)16-27-26(32)28-19-9-7-6-8-10-19)29-25(22-12-14-33-24(21)22)31(4)20-11-13-30(3)17-20/h5-10,12,14-15,20H,2,11,13,16-17H2,1,3-4H3,(H2,27,28,32)/b21-5+,23-15+. The van der Waals surface area contributed by atoms with Gasteiger partial charge in [0.1, 0.15) is 5.82 Å². The number of carbonyl (C=O) groups is 1. The number of aromatic nitrogens is 1. The van der Waals surface area contributed by atoms with Crippen LogP contribution in [-0.4, -0.2) is 55.7 Å². The number of rotatable bonds is 6. The van der Waals surface area contributed by atoms with Crippen LogP contribution in [0, 0.1) is 0 Å². The molecular weight excluding hydrogens is 430 g/mol. The van der Waals surface area contributed by atoms with Crippen LogP contribution in [0.1, 0.15) is 13.3 Å². The summed E-state index contributed by atoms with van der Waals surface area (Å²) >= 11 is 1.74. The summed E-state index contributed by atoms with van der Waals surface area (Å²) < 4.78 is 1.23. The molecule has 2 amide bonds. The van der Waals surface area contributed by atoms with E-state index in [9.17, 15) is 4.79 Å². The summed E-state index contributed by atoms with van der Waals surface area (Å²) in [5, 5.41) is 11.0. The predicted octanol–water partition coefficient (Wildman–Crippen LogP) is 3.40. The number of hydrogen-bond acceptors (Lipinski definition) is 5. The summed E-state index contributed by atoms with van der Waals surface area (Å²) in [7, 11) is 4.31. The quantitative estimate of drug-likeness (QED) is 0.591. The van der Waals surface area contributed by atoms with Crippen LogP contribution in [0.3, 0.4) is 0 Å². The molecule has 1 aromatic carbocycles. The molecular formula is C26H31N5OS. The van der Waals surface area contributed by atoms with Crippen molar-refractivity contribution in [2.45, 2.75) is 19.4 Å². The van der Waals surface area contributed by atoms with Crippen LogP contribution in [0.2, 0.25) is 0 Å². The first kappa shape index (κ1) is 23.0. The first-order valence-corrected chi connectivity index (χ1v) is 12.1. The van der Waals surface area contributed by atoms with Crippen LogP contribution in [0.5, 0.6) is 0 Å². The van der Waals surface area contributed by atoms with Crippen LogP contribution >= 0.6 is 11.3 Å². The summed E-state index contributed by atoms with van der Waals surface area (Å²) in [6, 6.07) is 11.7. The molecule has 172 valence electrons. The molecule has 1 saturated heterocycles. The van der Waals surface area contributed by atoms with E-state index >= 15 is 0 Å². The van der Waals surface area contributed by atoms with E-state index in [0.29, 0.717) is 12.6 Å². The Labute approximate surface area is 198 Å². The zero-order valence-corrected chi connectivity index (χ0v) is 20.3. The number of carbonyl (C=O) groups excluding carboxylic acids is 1. The minimum atomic E-state index is -0.259. The van der Waals surface area contributed by atoms with Crippen molar-refractivity contribution in [2.75, 3.05) is 43.9 Å². The van der Waals surface area contributed by atoms with Crippen molar-refractivity contribution in [2.24, 2.45) is 0 Å². The van der Waals surface area contributed by atoms with Gasteiger partial charge in [0.2, 0.25) is 0 Å². The Morgan fingerprint density at radius 3 is 2.82 bits per heavy atom. The fourth-order valence-corrected chi connectivity index (χ4v) is 5.21. The number of benzene rings is 1. The molecule has 4 rings (SSSR count). The van der Waals surface area contributed by atoms with Crippen molar-refractivity contribution in [3.8, 4) is 0 Å². The maximum Gasteiger partial charge on any atom is 0.319 e. The lowest BCUT2D eigenvalue weighted by molar-refractivity contribution is 0.253. The van der Waals surface area contributed by atoms with Crippen molar-refractivity contribution < 1.29 is 4.79 Å². The van der Waals surface area contributed by atoms with E-state index in [4.69, 9.17) is 4.98 Å². The Balaban J connectivity index is 1.58. The smallest absolute Gasteiger partial charge is 0.319 e. The SMILES string of the molecule is C=C(/C=c1/nc(N(C)C2CCN(C)C2)c2ccsc2/c1=C/C)CNC(=O)Nc1ccccc1. The molecule has 0 aliphatic carbocycles. The van der Waals surface area contributed by atoms with Gasteiger partial charge in [0.15, 0.2) is 0 Å². The van der Waals surface area contributed by atoms with Crippen LogP contribution in [0.15, 0.2) is 53.9 Å². The largest absolute Gasteiger partial charge is 0.355 e. The minimum Gasteiger partial charge on any atom is -0.355 e. The van der Waals surface area contributed by atoms with E-state index in [-0.39, 0.29) is 6.03 Å². The molecule has 33 heavy (non-hydrogen) atoms. The molecule has 1 atom stereocenters. The molecule has 3 aromatic rings. The number of nitrogens with zero attached hydrogens (tertiary/aromatic N) is 3. The molecule has 0 bridgehead atoms. The first-order valence-electron chi connectivity index (χ1n) is 11.2. The van der Waals surface area contributed by atoms with Crippen molar-refractivity contribution in [3.63, 3.8) is 0 Å². The molecule has 2 N–H and O–H groups in total. The maximum atomic E-state index is 12.2. The molecule has 3 heterocycles. The van der Waals surface area contributed by atoms with E-state index in [1.54, 1.807) is 11.3 Å². The molecule has 0 radical (unpaired) electrons. The second-order valence-electron chi connectivity index (χ2n) is 8.48. The van der Waals surface area contributed by atoms with Gasteiger partial charge in [-0.15, -0.1) is 11.3 Å². The van der Waals surface area contributed by atoms with E-state index in [0.717, 1.165) is 47.2 Å². The average Bonchev–Trinajstić information content (AvgIpc) is 3.47. The second kappa shape index (κ2) is 10.2. The zero-order chi connectivity index (χ0) is 23.4. The molecule has 1 unspecified atom stereocenters. The number of amides is 2. The number of nitrogens with one attached hydrogen (secondary N) is 2. The van der Waals surface area contributed by atoms with Crippen molar-refractivity contribution in [1.82, 2.24) is 15.2 Å². The third-order valence-electron chi connectivity index (χ3n) is 6.04. The number of hydrogen-bond donors (Lipinski definition) is 2. The summed E-state index contributed by atoms with van der Waals surface area (Å²) in [5.41, 5.74) is 1.54. The number of likely N-dealkylation sites (tertiary alicyclic amines) is 1. The Morgan fingerprint density at radius 2 is 2.12 bits per heavy atom. The number of fused-ring (bicyclic) bond motifs is 1. The highest BCUT2D eigenvalue weighted by Gasteiger charge is 2.25. The topological polar surface area (TPSA) is 60.5 Å². The highest BCUT2D eigenvalue weighted by Crippen LogP contribution is 2.27. The van der Waals surface area contributed by atoms with Gasteiger partial charge in [-0.3, -0.25) is 0 Å². The van der Waals surface area contributed by atoms with E-state index in [1.807, 2.05) is 43.3 Å². The zero-order valence-electron chi connectivity index (χ0n) is 19.5. The lowest BCUT2D eigenvalue weighted by Gasteiger charge is -2.26. The van der Waals surface area contributed by atoms with E-state index in [2.05, 4.69) is 58.6 Å². The van der Waals surface area contributed by atoms with Crippen molar-refractivity contribution in [3.05, 3.63) is 64.5 Å². The molecule has 2 aromatic heterocycles. The molecule has 0 saturated carbocycles. The summed E-state index contributed by atoms with van der Waals surface area (Å²) in [5.74, 6) is 1.01. The number of anilines is 2. The van der Waals surface area contributed by atoms with Crippen molar-refractivity contribution in [1.29, 1.82) is 0 Å². The normalized spacial score (nSPS) is 17.5. The third-order valence-corrected chi connectivity index (χ3v) is 6.99. The number of para-hydroxylation sites is 1. The summed E-state index contributed by atoms with van der Waals surface area (Å²) in [6.07, 6.45) is 5.22. The molecule has 1 aliphatic rings. The highest BCUT2D eigenvalue weighted by molar-refractivity contribution is 7.17. The predicted molar refractivity (Wildman–Crippen MR) is 140 cm³/mol. The van der Waals surface area contributed by atoms with Gasteiger partial charge >= 0.3 is 6.03 Å². The fourth-order valence-electron chi connectivity index (χ4n) is 4.24. The highest BCUT2D eigenvalue weighted by atomic mass is 32.1. The fraction of sp³-hybridized carbons (Fsp3) is 0.308. The summed E-state index contributed by atoms with van der Waals surface area (Å²) in [4.78, 5) is 22.0. The Morgan fingerprint density at radius 1 is 1.33 bits per heavy atom. The Kier molecular flexibility index (Phi) is 7.11. The van der Waals surface area contributed by atoms with Gasteiger partial charge in [-0.25, -0.2) is 9.78 Å². The monoisotopic (exact) mass is 461 g/mol. The van der Waals surface area contributed by atoms with Crippen molar-refractivity contribution >= 4 is 51.1 Å². The van der Waals surface area contributed by atoms with Gasteiger partial charge in [-0.2, -0.15) is 0 Å². The Hall–Kier alpha value is -3.16. The molecule has 1 aliphatic heterocycles. The maximum absolute atomic E-state index is 12.2. The van der Waals surface area contributed by atoms with Gasteiger partial charge in [0, 0.05) is 47.2 Å². The minimum absolute atomic E-state index is 0.259. The van der Waals surface area contributed by atoms with Gasteiger partial charge < -0.3 is 20.4 Å². The van der Waals surface area contributed by atoms with Crippen LogP contribution in [-0.2, 0) is 0 Å². The molecule has 1 fully saturated rings. The average molecular weight is 462 g/mol. The Bertz CT molecular complexity index is 1270. The number of likely N-dealkylation sites (N-methyl/N-ethyl adjacent to an activating group) is 2. The van der Waals surface area contributed by atoms with E-state index < -0.39 is 0 Å². The summed E-state index contributed by atoms with van der Waals surface area (Å²) in [6.45, 7) is 8.69. The number of pyridine rings is 1. The lowest BCUT2D eigenvalue weighted by Crippen LogP contribution is -2.38. The van der Waals surface area contributed by atoms with E-state index in [1.165, 1.54) is 10.1 Å². The molecule has 6 nitrogen and oxygen atoms in total. The second-order valence-corrected chi connectivity index (χ2v) is 9.39. The van der Waals surface area contributed by atoms with Gasteiger partial charge in [-0.05, 0) is 62.2 Å². The third kappa shape index (κ3) is 5.26. The molecule has 7 heteroatoms. The van der Waals surface area contributed by atoms with Gasteiger partial charge in [0.05, 0.1) is 5.35 Å². The lowest BCUT2D eigenvalue weighted by atomic mass is 10.1. The van der Waals surface area contributed by atoms with Crippen LogP contribution < -0.4 is 26.1 Å². The van der Waals surface area contributed by atoms with Crippen LogP contribution in [0.25, 0.3) is 22.2 Å². The van der Waals surface area contributed by atoms with Crippen LogP contribution in [0.4, 0.5) is 16.3 Å². The first-order chi connectivity index (χ1) is 16.0. The molecule has 0 spiro atoms. The van der Waals surface area contributed by atoms with Gasteiger partial charge in [-0.1, -0.05) is 30.9 Å².